The number of pyridine rings is 1. The van der Waals surface area contributed by atoms with Gasteiger partial charge in [0.05, 0.1) is 59.2 Å². The molecule has 0 saturated heterocycles. The fraction of sp³-hybridized carbons (Fsp3) is 0.535. The van der Waals surface area contributed by atoms with Gasteiger partial charge in [-0.1, -0.05) is 38.1 Å². The normalized spacial score (nSPS) is 12.1. The monoisotopic (exact) mass is 818 g/mol. The highest BCUT2D eigenvalue weighted by Gasteiger charge is 2.32. The number of aliphatic carboxylic acids is 1. The Hall–Kier alpha value is -4.57. The van der Waals surface area contributed by atoms with Gasteiger partial charge in [-0.2, -0.15) is 0 Å². The van der Waals surface area contributed by atoms with Crippen LogP contribution in [0.5, 0.6) is 11.5 Å². The average molecular weight is 819 g/mol. The minimum Gasteiger partial charge on any atom is -0.491 e. The number of aryl methyl sites for hydroxylation is 2. The van der Waals surface area contributed by atoms with Gasteiger partial charge in [0.2, 0.25) is 5.91 Å². The van der Waals surface area contributed by atoms with E-state index in [4.69, 9.17) is 23.7 Å². The molecule has 0 unspecified atom stereocenters. The number of unbranched alkanes of at least 4 members (excludes halogenated alkanes) is 1. The Morgan fingerprint density at radius 1 is 0.793 bits per heavy atom. The molecule has 1 atom stereocenters. The van der Waals surface area contributed by atoms with E-state index in [1.54, 1.807) is 18.3 Å². The van der Waals surface area contributed by atoms with E-state index >= 15 is 0 Å². The average Bonchev–Trinajstić information content (AvgIpc) is 3.16. The summed E-state index contributed by atoms with van der Waals surface area (Å²) in [4.78, 5) is 41.2. The van der Waals surface area contributed by atoms with Crippen LogP contribution in [0.15, 0.2) is 60.8 Å². The van der Waals surface area contributed by atoms with Crippen molar-refractivity contribution >= 4 is 17.7 Å². The number of aromatic nitrogens is 1. The van der Waals surface area contributed by atoms with E-state index in [1.807, 2.05) is 19.1 Å². The second-order valence-corrected chi connectivity index (χ2v) is 14.2. The number of benzene rings is 2. The van der Waals surface area contributed by atoms with Gasteiger partial charge in [0.25, 0.3) is 0 Å². The number of nitrogens with zero attached hydrogens (tertiary/aromatic N) is 1. The molecule has 0 aliphatic carbocycles. The van der Waals surface area contributed by atoms with E-state index in [-0.39, 0.29) is 62.0 Å². The van der Waals surface area contributed by atoms with Crippen LogP contribution in [-0.4, -0.2) is 100 Å². The molecule has 0 aliphatic rings. The second kappa shape index (κ2) is 26.4. The van der Waals surface area contributed by atoms with Crippen molar-refractivity contribution < 1.29 is 61.1 Å². The summed E-state index contributed by atoms with van der Waals surface area (Å²) in [6.45, 7) is 9.49. The van der Waals surface area contributed by atoms with Crippen molar-refractivity contribution in [2.45, 2.75) is 78.0 Å². The SMILES string of the molecule is Cc1ccnc(CCCCC(=O)NCC(=O)C[C@@H](CC(=O)O)c2ccc(-c3ccc(OCCOCCOCCOCCOCCC(C)C)cc3OC(F)(F)F)cc2)c1. The van der Waals surface area contributed by atoms with E-state index in [2.05, 4.69) is 28.9 Å². The molecule has 0 saturated carbocycles. The molecule has 0 fully saturated rings. The standard InChI is InChI=1S/C43H57F3N2O10/c1-31(2)15-17-53-18-19-54-20-21-55-22-23-56-24-25-57-38-12-13-39(40(29-38)58-43(44,45)46)34-10-8-33(9-11-34)35(28-42(51)52)27-37(49)30-48-41(50)7-5-4-6-36-26-32(3)14-16-47-36/h8-14,16,26,29,31,35H,4-7,15,17-25,27-28,30H2,1-3H3,(H,48,50)(H,51,52)/t35-/m0/s1. The summed E-state index contributed by atoms with van der Waals surface area (Å²) in [6.07, 6.45) is -0.377. The third-order valence-electron chi connectivity index (χ3n) is 8.76. The van der Waals surface area contributed by atoms with Gasteiger partial charge in [0.15, 0.2) is 5.78 Å². The number of ketones is 1. The highest BCUT2D eigenvalue weighted by molar-refractivity contribution is 5.87. The lowest BCUT2D eigenvalue weighted by molar-refractivity contribution is -0.274. The van der Waals surface area contributed by atoms with Crippen LogP contribution in [0.4, 0.5) is 13.2 Å². The van der Waals surface area contributed by atoms with Crippen LogP contribution in [0.3, 0.4) is 0 Å². The highest BCUT2D eigenvalue weighted by Crippen LogP contribution is 2.37. The summed E-state index contributed by atoms with van der Waals surface area (Å²) in [5, 5.41) is 12.2. The highest BCUT2D eigenvalue weighted by atomic mass is 19.4. The number of hydrogen-bond donors (Lipinski definition) is 2. The maximum atomic E-state index is 13.4. The number of amides is 1. The molecule has 12 nitrogen and oxygen atoms in total. The van der Waals surface area contributed by atoms with Crippen LogP contribution in [0, 0.1) is 12.8 Å². The van der Waals surface area contributed by atoms with Crippen LogP contribution in [0.1, 0.15) is 75.1 Å². The first kappa shape index (κ1) is 47.8. The van der Waals surface area contributed by atoms with E-state index in [0.717, 1.165) is 36.6 Å². The molecule has 3 aromatic rings. The predicted octanol–water partition coefficient (Wildman–Crippen LogP) is 7.49. The minimum absolute atomic E-state index is 0.0687. The lowest BCUT2D eigenvalue weighted by Crippen LogP contribution is -2.30. The number of carboxylic acid groups (broad SMARTS) is 1. The van der Waals surface area contributed by atoms with Gasteiger partial charge in [-0.3, -0.25) is 19.4 Å². The zero-order valence-corrected chi connectivity index (χ0v) is 33.7. The largest absolute Gasteiger partial charge is 0.573 e. The molecule has 0 spiro atoms. The van der Waals surface area contributed by atoms with Crippen LogP contribution in [0.25, 0.3) is 11.1 Å². The molecular formula is C43H57F3N2O10. The Labute approximate surface area is 338 Å². The number of Topliss-reactive ketones (excluding diaryl/α,β-unsaturated/α-hetero) is 1. The number of carbonyl (C=O) groups is 3. The second-order valence-electron chi connectivity index (χ2n) is 14.2. The zero-order valence-electron chi connectivity index (χ0n) is 33.7. The summed E-state index contributed by atoms with van der Waals surface area (Å²) in [5.41, 5.74) is 3.06. The summed E-state index contributed by atoms with van der Waals surface area (Å²) >= 11 is 0. The van der Waals surface area contributed by atoms with Gasteiger partial charge in [-0.15, -0.1) is 13.2 Å². The number of halogens is 3. The maximum Gasteiger partial charge on any atom is 0.573 e. The van der Waals surface area contributed by atoms with Gasteiger partial charge in [0.1, 0.15) is 18.1 Å². The Kier molecular flexibility index (Phi) is 21.8. The molecule has 0 radical (unpaired) electrons. The van der Waals surface area contributed by atoms with E-state index < -0.39 is 24.0 Å². The van der Waals surface area contributed by atoms with Crippen molar-refractivity contribution in [3.63, 3.8) is 0 Å². The van der Waals surface area contributed by atoms with Crippen LogP contribution < -0.4 is 14.8 Å². The molecule has 1 heterocycles. The lowest BCUT2D eigenvalue weighted by Gasteiger charge is -2.17. The van der Waals surface area contributed by atoms with Crippen molar-refractivity contribution in [1.82, 2.24) is 10.3 Å². The van der Waals surface area contributed by atoms with E-state index in [9.17, 15) is 32.7 Å². The zero-order chi connectivity index (χ0) is 42.2. The van der Waals surface area contributed by atoms with E-state index in [1.165, 1.54) is 24.3 Å². The van der Waals surface area contributed by atoms with Crippen molar-refractivity contribution in [3.8, 4) is 22.6 Å². The summed E-state index contributed by atoms with van der Waals surface area (Å²) in [7, 11) is 0. The molecule has 320 valence electrons. The first-order valence-corrected chi connectivity index (χ1v) is 19.6. The molecule has 2 aromatic carbocycles. The third kappa shape index (κ3) is 20.7. The number of nitrogens with one attached hydrogen (secondary N) is 1. The Bertz CT molecular complexity index is 1670. The Balaban J connectivity index is 1.45. The number of ether oxygens (including phenoxy) is 6. The lowest BCUT2D eigenvalue weighted by atomic mass is 9.89. The summed E-state index contributed by atoms with van der Waals surface area (Å²) in [5.74, 6) is -2.23. The van der Waals surface area contributed by atoms with Crippen LogP contribution in [-0.2, 0) is 39.8 Å². The minimum atomic E-state index is -4.98. The smallest absolute Gasteiger partial charge is 0.491 e. The topological polar surface area (TPSA) is 152 Å². The fourth-order valence-corrected chi connectivity index (χ4v) is 5.75. The molecule has 1 amide bonds. The summed E-state index contributed by atoms with van der Waals surface area (Å²) in [6, 6.07) is 14.2. The fourth-order valence-electron chi connectivity index (χ4n) is 5.75. The van der Waals surface area contributed by atoms with Gasteiger partial charge < -0.3 is 38.8 Å². The van der Waals surface area contributed by atoms with Crippen molar-refractivity contribution in [3.05, 3.63) is 77.6 Å². The number of alkyl halides is 3. The quantitative estimate of drug-likeness (QED) is 0.0644. The van der Waals surface area contributed by atoms with Crippen LogP contribution in [0.2, 0.25) is 0 Å². The predicted molar refractivity (Wildman–Crippen MR) is 211 cm³/mol. The molecule has 0 aliphatic heterocycles. The van der Waals surface area contributed by atoms with Crippen LogP contribution >= 0.6 is 0 Å². The van der Waals surface area contributed by atoms with Gasteiger partial charge in [0, 0.05) is 48.9 Å². The molecule has 15 heteroatoms. The number of hydrogen-bond acceptors (Lipinski definition) is 10. The molecule has 2 N–H and O–H groups in total. The molecular weight excluding hydrogens is 761 g/mol. The number of carboxylic acids is 1. The Morgan fingerprint density at radius 3 is 2.03 bits per heavy atom. The first-order valence-electron chi connectivity index (χ1n) is 19.6. The van der Waals surface area contributed by atoms with Gasteiger partial charge in [-0.25, -0.2) is 0 Å². The molecule has 3 rings (SSSR count). The first-order chi connectivity index (χ1) is 27.8. The molecule has 1 aromatic heterocycles. The third-order valence-corrected chi connectivity index (χ3v) is 8.76. The number of carbonyl (C=O) groups excluding carboxylic acids is 2. The van der Waals surface area contributed by atoms with Crippen molar-refractivity contribution in [2.24, 2.45) is 5.92 Å². The molecule has 0 bridgehead atoms. The van der Waals surface area contributed by atoms with Crippen molar-refractivity contribution in [2.75, 3.05) is 66.0 Å². The maximum absolute atomic E-state index is 13.4. The Morgan fingerprint density at radius 2 is 1.43 bits per heavy atom. The van der Waals surface area contributed by atoms with Gasteiger partial charge in [-0.05, 0) is 79.5 Å². The summed E-state index contributed by atoms with van der Waals surface area (Å²) < 4.78 is 72.1. The van der Waals surface area contributed by atoms with Crippen molar-refractivity contribution in [1.29, 1.82) is 0 Å². The number of rotatable bonds is 30. The molecule has 58 heavy (non-hydrogen) atoms. The van der Waals surface area contributed by atoms with Gasteiger partial charge >= 0.3 is 12.3 Å². The van der Waals surface area contributed by atoms with E-state index in [0.29, 0.717) is 69.7 Å².